The first-order valence-corrected chi connectivity index (χ1v) is 8.66. The second kappa shape index (κ2) is 7.05. The molecule has 136 valence electrons. The molecule has 0 saturated carbocycles. The molecule has 1 saturated heterocycles. The Kier molecular flexibility index (Phi) is 4.60. The molecule has 1 aromatic carbocycles. The Labute approximate surface area is 154 Å². The van der Waals surface area contributed by atoms with E-state index in [9.17, 15) is 4.39 Å². The normalized spacial score (nSPS) is 17.4. The number of ether oxygens (including phenoxy) is 2. The molecule has 7 nitrogen and oxygen atoms in total. The molecule has 0 radical (unpaired) electrons. The summed E-state index contributed by atoms with van der Waals surface area (Å²) >= 11 is 6.14. The van der Waals surface area contributed by atoms with E-state index in [1.807, 2.05) is 0 Å². The molecule has 1 aliphatic heterocycles. The number of nitrogens with zero attached hydrogens (tertiary/aromatic N) is 4. The van der Waals surface area contributed by atoms with Gasteiger partial charge in [-0.25, -0.2) is 4.98 Å². The van der Waals surface area contributed by atoms with Gasteiger partial charge in [-0.2, -0.15) is 14.4 Å². The lowest BCUT2D eigenvalue weighted by atomic mass is 10.2. The summed E-state index contributed by atoms with van der Waals surface area (Å²) < 4.78 is 26.9. The summed E-state index contributed by atoms with van der Waals surface area (Å²) in [5, 5.41) is 3.48. The fraction of sp³-hybridized carbons (Fsp3) is 0.353. The van der Waals surface area contributed by atoms with Crippen molar-refractivity contribution in [1.29, 1.82) is 0 Å². The lowest BCUT2D eigenvalue weighted by molar-refractivity contribution is -0.0298. The van der Waals surface area contributed by atoms with Crippen LogP contribution in [0.15, 0.2) is 24.5 Å². The molecule has 0 aliphatic carbocycles. The van der Waals surface area contributed by atoms with E-state index in [4.69, 9.17) is 21.1 Å². The van der Waals surface area contributed by atoms with Crippen LogP contribution in [-0.2, 0) is 4.74 Å². The summed E-state index contributed by atoms with van der Waals surface area (Å²) in [6, 6.07) is 5.23. The first-order valence-electron chi connectivity index (χ1n) is 8.28. The van der Waals surface area contributed by atoms with Gasteiger partial charge in [0, 0.05) is 6.61 Å². The largest absolute Gasteiger partial charge is 0.493 e. The molecule has 1 unspecified atom stereocenters. The fourth-order valence-corrected chi connectivity index (χ4v) is 3.32. The number of nitrogens with one attached hydrogen (secondary N) is 1. The molecule has 0 bridgehead atoms. The molecular weight excluding hydrogens is 361 g/mol. The van der Waals surface area contributed by atoms with Crippen LogP contribution in [0.25, 0.3) is 11.2 Å². The van der Waals surface area contributed by atoms with Gasteiger partial charge >= 0.3 is 6.08 Å². The van der Waals surface area contributed by atoms with Crippen LogP contribution in [0.5, 0.6) is 5.75 Å². The van der Waals surface area contributed by atoms with Crippen LogP contribution in [0.2, 0.25) is 5.02 Å². The van der Waals surface area contributed by atoms with Gasteiger partial charge in [0.1, 0.15) is 6.23 Å². The van der Waals surface area contributed by atoms with Crippen molar-refractivity contribution in [3.05, 3.63) is 35.6 Å². The number of aromatic nitrogens is 4. The Morgan fingerprint density at radius 2 is 2.23 bits per heavy atom. The van der Waals surface area contributed by atoms with Crippen LogP contribution >= 0.6 is 11.6 Å². The van der Waals surface area contributed by atoms with E-state index in [-0.39, 0.29) is 12.0 Å². The van der Waals surface area contributed by atoms with E-state index in [0.29, 0.717) is 34.2 Å². The maximum atomic E-state index is 14.1. The quantitative estimate of drug-likeness (QED) is 0.691. The van der Waals surface area contributed by atoms with Gasteiger partial charge in [-0.3, -0.25) is 4.57 Å². The molecule has 3 aromatic rings. The zero-order chi connectivity index (χ0) is 18.1. The molecule has 3 heterocycles. The van der Waals surface area contributed by atoms with E-state index in [2.05, 4.69) is 20.3 Å². The van der Waals surface area contributed by atoms with Gasteiger partial charge in [0.15, 0.2) is 22.7 Å². The minimum atomic E-state index is -0.849. The highest BCUT2D eigenvalue weighted by atomic mass is 35.5. The van der Waals surface area contributed by atoms with Crippen LogP contribution in [0.1, 0.15) is 25.5 Å². The molecule has 1 fully saturated rings. The van der Waals surface area contributed by atoms with Crippen LogP contribution in [0, 0.1) is 6.08 Å². The molecule has 0 spiro atoms. The number of methoxy groups -OCH3 is 1. The van der Waals surface area contributed by atoms with Crippen molar-refractivity contribution < 1.29 is 13.9 Å². The molecule has 26 heavy (non-hydrogen) atoms. The second-order valence-corrected chi connectivity index (χ2v) is 6.34. The van der Waals surface area contributed by atoms with Crippen molar-refractivity contribution in [2.75, 3.05) is 19.0 Å². The van der Waals surface area contributed by atoms with E-state index >= 15 is 0 Å². The van der Waals surface area contributed by atoms with Crippen LogP contribution in [0.4, 0.5) is 15.9 Å². The Hall–Kier alpha value is -2.45. The lowest BCUT2D eigenvalue weighted by Gasteiger charge is -2.23. The minimum Gasteiger partial charge on any atom is -0.493 e. The number of benzene rings is 1. The maximum Gasteiger partial charge on any atom is 0.312 e. The number of hydrogen-bond donors (Lipinski definition) is 1. The van der Waals surface area contributed by atoms with Gasteiger partial charge in [-0.15, -0.1) is 0 Å². The lowest BCUT2D eigenvalue weighted by Crippen LogP contribution is -2.18. The molecular formula is C17H17ClFN5O2. The zero-order valence-corrected chi connectivity index (χ0v) is 14.8. The highest BCUT2D eigenvalue weighted by Gasteiger charge is 2.22. The third-order valence-corrected chi connectivity index (χ3v) is 4.58. The standard InChI is InChI=1S/C17H17ClFN5O2/c1-25-14-10(18)5-4-6-11(14)21-15-13-16(23-17(19)22-15)24(9-20-13)12-7-2-3-8-26-12/h4-6,9,12H,2-3,7-8H2,1H3,(H,21,22,23). The van der Waals surface area contributed by atoms with Crippen molar-refractivity contribution in [3.8, 4) is 5.75 Å². The number of anilines is 2. The third-order valence-electron chi connectivity index (χ3n) is 4.28. The Bertz CT molecular complexity index is 942. The summed E-state index contributed by atoms with van der Waals surface area (Å²) in [5.74, 6) is 0.680. The van der Waals surface area contributed by atoms with E-state index in [0.717, 1.165) is 19.3 Å². The zero-order valence-electron chi connectivity index (χ0n) is 14.1. The van der Waals surface area contributed by atoms with Gasteiger partial charge in [0.2, 0.25) is 0 Å². The number of rotatable bonds is 4. The number of hydrogen-bond acceptors (Lipinski definition) is 6. The average Bonchev–Trinajstić information content (AvgIpc) is 3.06. The van der Waals surface area contributed by atoms with Gasteiger partial charge in [-0.05, 0) is 31.4 Å². The highest BCUT2D eigenvalue weighted by Crippen LogP contribution is 2.35. The highest BCUT2D eigenvalue weighted by molar-refractivity contribution is 6.32. The van der Waals surface area contributed by atoms with Gasteiger partial charge in [0.25, 0.3) is 0 Å². The predicted octanol–water partition coefficient (Wildman–Crippen LogP) is 4.07. The number of para-hydroxylation sites is 1. The smallest absolute Gasteiger partial charge is 0.312 e. The van der Waals surface area contributed by atoms with Gasteiger partial charge in [-0.1, -0.05) is 17.7 Å². The van der Waals surface area contributed by atoms with E-state index in [1.165, 1.54) is 7.11 Å². The fourth-order valence-electron chi connectivity index (χ4n) is 3.07. The average molecular weight is 378 g/mol. The molecule has 2 aromatic heterocycles. The van der Waals surface area contributed by atoms with Crippen molar-refractivity contribution in [2.45, 2.75) is 25.5 Å². The van der Waals surface area contributed by atoms with Crippen molar-refractivity contribution in [3.63, 3.8) is 0 Å². The van der Waals surface area contributed by atoms with Crippen LogP contribution < -0.4 is 10.1 Å². The first kappa shape index (κ1) is 17.0. The number of imidazole rings is 1. The summed E-state index contributed by atoms with van der Waals surface area (Å²) in [6.45, 7) is 0.669. The summed E-state index contributed by atoms with van der Waals surface area (Å²) in [6.07, 6.45) is 3.46. The molecule has 1 atom stereocenters. The van der Waals surface area contributed by atoms with E-state index in [1.54, 1.807) is 29.1 Å². The Morgan fingerprint density at radius 3 is 3.00 bits per heavy atom. The summed E-state index contributed by atoms with van der Waals surface area (Å²) in [5.41, 5.74) is 1.39. The Balaban J connectivity index is 1.76. The maximum absolute atomic E-state index is 14.1. The van der Waals surface area contributed by atoms with E-state index < -0.39 is 6.08 Å². The second-order valence-electron chi connectivity index (χ2n) is 5.93. The monoisotopic (exact) mass is 377 g/mol. The SMILES string of the molecule is COc1c(Cl)cccc1Nc1nc(F)nc2c1ncn2C1CCCCO1. The van der Waals surface area contributed by atoms with Gasteiger partial charge in [0.05, 0.1) is 24.1 Å². The van der Waals surface area contributed by atoms with Crippen molar-refractivity contribution >= 4 is 34.3 Å². The summed E-state index contributed by atoms with van der Waals surface area (Å²) in [4.78, 5) is 12.1. The summed E-state index contributed by atoms with van der Waals surface area (Å²) in [7, 11) is 1.51. The van der Waals surface area contributed by atoms with Crippen molar-refractivity contribution in [2.24, 2.45) is 0 Å². The molecule has 0 amide bonds. The van der Waals surface area contributed by atoms with Crippen molar-refractivity contribution in [1.82, 2.24) is 19.5 Å². The molecule has 4 rings (SSSR count). The molecule has 1 aliphatic rings. The minimum absolute atomic E-state index is 0.198. The first-order chi connectivity index (χ1) is 12.7. The van der Waals surface area contributed by atoms with Crippen LogP contribution in [0.3, 0.4) is 0 Å². The van der Waals surface area contributed by atoms with Crippen LogP contribution in [-0.4, -0.2) is 33.2 Å². The predicted molar refractivity (Wildman–Crippen MR) is 95.4 cm³/mol. The topological polar surface area (TPSA) is 74.1 Å². The third kappa shape index (κ3) is 3.06. The number of fused-ring (bicyclic) bond motifs is 1. The molecule has 1 N–H and O–H groups in total. The number of halogens is 2. The Morgan fingerprint density at radius 1 is 1.35 bits per heavy atom. The van der Waals surface area contributed by atoms with Gasteiger partial charge < -0.3 is 14.8 Å². The molecule has 9 heteroatoms.